The summed E-state index contributed by atoms with van der Waals surface area (Å²) >= 11 is 11.5. The highest BCUT2D eigenvalue weighted by atomic mass is 35.5. The van der Waals surface area contributed by atoms with Crippen LogP contribution in [0.15, 0.2) is 30.3 Å². The lowest BCUT2D eigenvalue weighted by Crippen LogP contribution is -1.99. The van der Waals surface area contributed by atoms with Crippen molar-refractivity contribution in [1.82, 2.24) is 4.98 Å². The molecule has 0 saturated heterocycles. The molecule has 0 amide bonds. The first-order valence-corrected chi connectivity index (χ1v) is 5.99. The second kappa shape index (κ2) is 5.87. The van der Waals surface area contributed by atoms with Gasteiger partial charge in [-0.15, -0.1) is 0 Å². The summed E-state index contributed by atoms with van der Waals surface area (Å²) in [6.45, 7) is 0.0613. The third-order valence-electron chi connectivity index (χ3n) is 2.34. The molecule has 1 aromatic heterocycles. The highest BCUT2D eigenvalue weighted by molar-refractivity contribution is 6.32. The van der Waals surface area contributed by atoms with Crippen molar-refractivity contribution in [3.8, 4) is 11.8 Å². The average molecular weight is 297 g/mol. The molecule has 1 heterocycles. The van der Waals surface area contributed by atoms with Gasteiger partial charge in [-0.05, 0) is 30.3 Å². The van der Waals surface area contributed by atoms with E-state index in [1.807, 2.05) is 6.07 Å². The van der Waals surface area contributed by atoms with Gasteiger partial charge in [-0.3, -0.25) is 0 Å². The fourth-order valence-corrected chi connectivity index (χ4v) is 1.79. The molecule has 0 aliphatic rings. The Morgan fingerprint density at radius 1 is 1.26 bits per heavy atom. The van der Waals surface area contributed by atoms with Crippen LogP contribution in [0.2, 0.25) is 10.3 Å². The number of aromatic nitrogens is 1. The molecule has 0 saturated carbocycles. The molecule has 0 spiro atoms. The van der Waals surface area contributed by atoms with Gasteiger partial charge in [-0.25, -0.2) is 9.37 Å². The SMILES string of the molecule is N#Cc1ccc(OCc2ccc(Cl)nc2Cl)c(F)c1. The Kier molecular flexibility index (Phi) is 4.20. The summed E-state index contributed by atoms with van der Waals surface area (Å²) in [6, 6.07) is 9.04. The van der Waals surface area contributed by atoms with Gasteiger partial charge in [-0.1, -0.05) is 23.2 Å². The predicted octanol–water partition coefficient (Wildman–Crippen LogP) is 3.98. The van der Waals surface area contributed by atoms with E-state index in [0.717, 1.165) is 6.07 Å². The first-order chi connectivity index (χ1) is 9.10. The fraction of sp³-hybridized carbons (Fsp3) is 0.0769. The Bertz CT molecular complexity index is 656. The van der Waals surface area contributed by atoms with Crippen LogP contribution in [0.5, 0.6) is 5.75 Å². The minimum Gasteiger partial charge on any atom is -0.486 e. The summed E-state index contributed by atoms with van der Waals surface area (Å²) in [5.41, 5.74) is 0.825. The molecule has 6 heteroatoms. The van der Waals surface area contributed by atoms with Gasteiger partial charge in [0.15, 0.2) is 11.6 Å². The number of ether oxygens (including phenoxy) is 1. The van der Waals surface area contributed by atoms with Crippen molar-refractivity contribution in [3.63, 3.8) is 0 Å². The van der Waals surface area contributed by atoms with Gasteiger partial charge in [0.05, 0.1) is 11.6 Å². The molecular weight excluding hydrogens is 290 g/mol. The van der Waals surface area contributed by atoms with E-state index in [-0.39, 0.29) is 28.2 Å². The lowest BCUT2D eigenvalue weighted by molar-refractivity contribution is 0.290. The quantitative estimate of drug-likeness (QED) is 0.805. The first kappa shape index (κ1) is 13.6. The average Bonchev–Trinajstić information content (AvgIpc) is 2.39. The molecule has 0 N–H and O–H groups in total. The number of hydrogen-bond acceptors (Lipinski definition) is 3. The van der Waals surface area contributed by atoms with E-state index in [4.69, 9.17) is 33.2 Å². The Balaban J connectivity index is 2.13. The Labute approximate surface area is 119 Å². The van der Waals surface area contributed by atoms with E-state index in [2.05, 4.69) is 4.98 Å². The van der Waals surface area contributed by atoms with Crippen LogP contribution in [-0.2, 0) is 6.61 Å². The zero-order valence-corrected chi connectivity index (χ0v) is 11.0. The van der Waals surface area contributed by atoms with Gasteiger partial charge in [0.25, 0.3) is 0 Å². The van der Waals surface area contributed by atoms with Gasteiger partial charge in [0.1, 0.15) is 16.9 Å². The minimum atomic E-state index is -0.600. The largest absolute Gasteiger partial charge is 0.486 e. The van der Waals surface area contributed by atoms with Crippen molar-refractivity contribution in [2.75, 3.05) is 0 Å². The standard InChI is InChI=1S/C13H7Cl2FN2O/c14-12-4-2-9(13(15)18-12)7-19-11-3-1-8(6-17)5-10(11)16/h1-5H,7H2. The van der Waals surface area contributed by atoms with Crippen molar-refractivity contribution in [3.05, 3.63) is 57.6 Å². The fourth-order valence-electron chi connectivity index (χ4n) is 1.39. The van der Waals surface area contributed by atoms with Crippen molar-refractivity contribution in [1.29, 1.82) is 5.26 Å². The molecule has 2 rings (SSSR count). The monoisotopic (exact) mass is 296 g/mol. The number of halogens is 3. The van der Waals surface area contributed by atoms with E-state index in [1.54, 1.807) is 12.1 Å². The maximum Gasteiger partial charge on any atom is 0.166 e. The molecule has 2 aromatic rings. The molecule has 96 valence electrons. The summed E-state index contributed by atoms with van der Waals surface area (Å²) in [7, 11) is 0. The summed E-state index contributed by atoms with van der Waals surface area (Å²) in [4.78, 5) is 3.85. The highest BCUT2D eigenvalue weighted by Gasteiger charge is 2.07. The van der Waals surface area contributed by atoms with E-state index in [1.165, 1.54) is 12.1 Å². The van der Waals surface area contributed by atoms with Gasteiger partial charge >= 0.3 is 0 Å². The minimum absolute atomic E-state index is 0.0463. The number of pyridine rings is 1. The number of rotatable bonds is 3. The van der Waals surface area contributed by atoms with Crippen molar-refractivity contribution < 1.29 is 9.13 Å². The molecule has 0 fully saturated rings. The number of nitriles is 1. The van der Waals surface area contributed by atoms with Crippen molar-refractivity contribution in [2.45, 2.75) is 6.61 Å². The summed E-state index contributed by atoms with van der Waals surface area (Å²) in [5, 5.41) is 9.11. The van der Waals surface area contributed by atoms with Crippen LogP contribution in [0, 0.1) is 17.1 Å². The van der Waals surface area contributed by atoms with Crippen molar-refractivity contribution in [2.24, 2.45) is 0 Å². The van der Waals surface area contributed by atoms with E-state index < -0.39 is 5.82 Å². The van der Waals surface area contributed by atoms with Crippen LogP contribution in [0.3, 0.4) is 0 Å². The van der Waals surface area contributed by atoms with Crippen LogP contribution in [0.4, 0.5) is 4.39 Å². The maximum absolute atomic E-state index is 13.6. The number of nitrogens with zero attached hydrogens (tertiary/aromatic N) is 2. The Hall–Kier alpha value is -1.83. The third-order valence-corrected chi connectivity index (χ3v) is 2.87. The summed E-state index contributed by atoms with van der Waals surface area (Å²) in [6.07, 6.45) is 0. The van der Waals surface area contributed by atoms with Gasteiger partial charge in [0, 0.05) is 5.56 Å². The number of hydrogen-bond donors (Lipinski definition) is 0. The second-order valence-electron chi connectivity index (χ2n) is 3.63. The van der Waals surface area contributed by atoms with E-state index >= 15 is 0 Å². The van der Waals surface area contributed by atoms with Gasteiger partial charge in [-0.2, -0.15) is 5.26 Å². The maximum atomic E-state index is 13.6. The number of benzene rings is 1. The molecular formula is C13H7Cl2FN2O. The topological polar surface area (TPSA) is 45.9 Å². The second-order valence-corrected chi connectivity index (χ2v) is 4.37. The van der Waals surface area contributed by atoms with Crippen LogP contribution in [0.25, 0.3) is 0 Å². The Morgan fingerprint density at radius 2 is 2.05 bits per heavy atom. The van der Waals surface area contributed by atoms with Crippen LogP contribution in [0.1, 0.15) is 11.1 Å². The van der Waals surface area contributed by atoms with Crippen LogP contribution >= 0.6 is 23.2 Å². The van der Waals surface area contributed by atoms with Crippen molar-refractivity contribution >= 4 is 23.2 Å². The molecule has 0 atom stereocenters. The molecule has 3 nitrogen and oxygen atoms in total. The lowest BCUT2D eigenvalue weighted by Gasteiger charge is -2.08. The van der Waals surface area contributed by atoms with E-state index in [9.17, 15) is 4.39 Å². The highest BCUT2D eigenvalue weighted by Crippen LogP contribution is 2.22. The normalized spacial score (nSPS) is 10.0. The zero-order chi connectivity index (χ0) is 13.8. The molecule has 0 aliphatic heterocycles. The molecule has 19 heavy (non-hydrogen) atoms. The molecule has 0 unspecified atom stereocenters. The molecule has 0 aliphatic carbocycles. The third kappa shape index (κ3) is 3.34. The zero-order valence-electron chi connectivity index (χ0n) is 9.53. The van der Waals surface area contributed by atoms with Crippen LogP contribution in [-0.4, -0.2) is 4.98 Å². The molecule has 0 bridgehead atoms. The van der Waals surface area contributed by atoms with Gasteiger partial charge < -0.3 is 4.74 Å². The molecule has 1 aromatic carbocycles. The van der Waals surface area contributed by atoms with E-state index in [0.29, 0.717) is 5.56 Å². The predicted molar refractivity (Wildman–Crippen MR) is 69.7 cm³/mol. The smallest absolute Gasteiger partial charge is 0.166 e. The summed E-state index contributed by atoms with van der Waals surface area (Å²) < 4.78 is 18.8. The summed E-state index contributed by atoms with van der Waals surface area (Å²) in [5.74, 6) is -0.554. The Morgan fingerprint density at radius 3 is 2.68 bits per heavy atom. The lowest BCUT2D eigenvalue weighted by atomic mass is 10.2. The first-order valence-electron chi connectivity index (χ1n) is 5.23. The molecule has 0 radical (unpaired) electrons. The van der Waals surface area contributed by atoms with Gasteiger partial charge in [0.2, 0.25) is 0 Å². The van der Waals surface area contributed by atoms with Crippen LogP contribution < -0.4 is 4.74 Å².